The van der Waals surface area contributed by atoms with E-state index < -0.39 is 22.5 Å². The van der Waals surface area contributed by atoms with Crippen LogP contribution in [-0.4, -0.2) is 27.5 Å². The van der Waals surface area contributed by atoms with Gasteiger partial charge in [-0.1, -0.05) is 55.8 Å². The molecule has 3 aromatic rings. The number of rotatable bonds is 9. The van der Waals surface area contributed by atoms with E-state index in [4.69, 9.17) is 16.3 Å². The van der Waals surface area contributed by atoms with Gasteiger partial charge < -0.3 is 10.1 Å². The van der Waals surface area contributed by atoms with Gasteiger partial charge in [0.05, 0.1) is 17.2 Å². The highest BCUT2D eigenvalue weighted by molar-refractivity contribution is 7.92. The minimum absolute atomic E-state index is 0.0218. The van der Waals surface area contributed by atoms with Crippen molar-refractivity contribution in [3.8, 4) is 5.75 Å². The monoisotopic (exact) mass is 486 g/mol. The highest BCUT2D eigenvalue weighted by atomic mass is 35.5. The second-order valence-electron chi connectivity index (χ2n) is 7.66. The van der Waals surface area contributed by atoms with E-state index >= 15 is 0 Å². The van der Waals surface area contributed by atoms with E-state index in [0.717, 1.165) is 9.87 Å². The zero-order valence-electron chi connectivity index (χ0n) is 18.8. The standard InChI is InChI=1S/C25H27ClN2O4S/c1-4-32-24-12-8-7-11-23(24)28(33(30,31)20-15-13-19(26)14-16-20)17-25(29)27-22-10-6-5-9-21(22)18(2)3/h5-16,18H,4,17H2,1-3H3,(H,27,29). The number of carbonyl (C=O) groups is 1. The lowest BCUT2D eigenvalue weighted by Gasteiger charge is -2.26. The molecule has 0 unspecified atom stereocenters. The van der Waals surface area contributed by atoms with Gasteiger partial charge in [-0.05, 0) is 60.9 Å². The lowest BCUT2D eigenvalue weighted by atomic mass is 10.0. The van der Waals surface area contributed by atoms with Gasteiger partial charge in [-0.15, -0.1) is 0 Å². The molecule has 174 valence electrons. The summed E-state index contributed by atoms with van der Waals surface area (Å²) in [5.41, 5.74) is 1.90. The molecular weight excluding hydrogens is 460 g/mol. The van der Waals surface area contributed by atoms with Crippen molar-refractivity contribution >= 4 is 38.9 Å². The summed E-state index contributed by atoms with van der Waals surface area (Å²) in [5.74, 6) is 0.0916. The number of benzene rings is 3. The quantitative estimate of drug-likeness (QED) is 0.421. The van der Waals surface area contributed by atoms with Crippen molar-refractivity contribution in [1.29, 1.82) is 0 Å². The predicted molar refractivity (Wildman–Crippen MR) is 133 cm³/mol. The number of ether oxygens (including phenoxy) is 1. The molecule has 8 heteroatoms. The lowest BCUT2D eigenvalue weighted by molar-refractivity contribution is -0.114. The molecule has 6 nitrogen and oxygen atoms in total. The van der Waals surface area contributed by atoms with Gasteiger partial charge in [0.2, 0.25) is 5.91 Å². The smallest absolute Gasteiger partial charge is 0.264 e. The van der Waals surface area contributed by atoms with Gasteiger partial charge in [-0.3, -0.25) is 9.10 Å². The Balaban J connectivity index is 2.01. The van der Waals surface area contributed by atoms with Crippen LogP contribution in [0.3, 0.4) is 0 Å². The van der Waals surface area contributed by atoms with Crippen LogP contribution >= 0.6 is 11.6 Å². The fourth-order valence-electron chi connectivity index (χ4n) is 3.41. The van der Waals surface area contributed by atoms with Crippen LogP contribution in [0.25, 0.3) is 0 Å². The molecule has 0 fully saturated rings. The number of nitrogens with one attached hydrogen (secondary N) is 1. The molecule has 0 saturated heterocycles. The largest absolute Gasteiger partial charge is 0.492 e. The van der Waals surface area contributed by atoms with E-state index in [1.54, 1.807) is 30.3 Å². The summed E-state index contributed by atoms with van der Waals surface area (Å²) in [7, 11) is -4.09. The molecular formula is C25H27ClN2O4S. The van der Waals surface area contributed by atoms with Gasteiger partial charge in [-0.25, -0.2) is 8.42 Å². The van der Waals surface area contributed by atoms with Gasteiger partial charge in [0.15, 0.2) is 0 Å². The summed E-state index contributed by atoms with van der Waals surface area (Å²) in [6.45, 7) is 5.78. The Hall–Kier alpha value is -3.03. The van der Waals surface area contributed by atoms with Crippen LogP contribution in [-0.2, 0) is 14.8 Å². The van der Waals surface area contributed by atoms with Crippen LogP contribution in [0, 0.1) is 0 Å². The zero-order chi connectivity index (χ0) is 24.0. The van der Waals surface area contributed by atoms with Crippen LogP contribution in [0.5, 0.6) is 5.75 Å². The summed E-state index contributed by atoms with van der Waals surface area (Å²) in [5, 5.41) is 3.28. The summed E-state index contributed by atoms with van der Waals surface area (Å²) in [6, 6.07) is 20.1. The van der Waals surface area contributed by atoms with Crippen LogP contribution in [0.4, 0.5) is 11.4 Å². The van der Waals surface area contributed by atoms with Crippen molar-refractivity contribution in [1.82, 2.24) is 0 Å². The first kappa shape index (κ1) is 24.6. The predicted octanol–water partition coefficient (Wildman–Crippen LogP) is 5.70. The maximum Gasteiger partial charge on any atom is 0.264 e. The molecule has 0 aliphatic heterocycles. The highest BCUT2D eigenvalue weighted by Gasteiger charge is 2.29. The van der Waals surface area contributed by atoms with Crippen molar-refractivity contribution < 1.29 is 17.9 Å². The molecule has 0 spiro atoms. The number of nitrogens with zero attached hydrogens (tertiary/aromatic N) is 1. The number of sulfonamides is 1. The van der Waals surface area contributed by atoms with Crippen molar-refractivity contribution in [2.24, 2.45) is 0 Å². The van der Waals surface area contributed by atoms with E-state index in [2.05, 4.69) is 5.32 Å². The van der Waals surface area contributed by atoms with E-state index in [0.29, 0.717) is 23.1 Å². The second kappa shape index (κ2) is 10.7. The molecule has 0 saturated carbocycles. The first-order valence-corrected chi connectivity index (χ1v) is 12.4. The number of carbonyl (C=O) groups excluding carboxylic acids is 1. The zero-order valence-corrected chi connectivity index (χ0v) is 20.4. The van der Waals surface area contributed by atoms with Crippen molar-refractivity contribution in [2.45, 2.75) is 31.6 Å². The third-order valence-electron chi connectivity index (χ3n) is 4.98. The minimum atomic E-state index is -4.09. The summed E-state index contributed by atoms with van der Waals surface area (Å²) >= 11 is 5.95. The Labute approximate surface area is 200 Å². The average Bonchev–Trinajstić information content (AvgIpc) is 2.79. The Morgan fingerprint density at radius 1 is 1.00 bits per heavy atom. The van der Waals surface area contributed by atoms with Crippen molar-refractivity contribution in [2.75, 3.05) is 22.8 Å². The molecule has 0 aliphatic rings. The second-order valence-corrected chi connectivity index (χ2v) is 9.96. The number of hydrogen-bond donors (Lipinski definition) is 1. The SMILES string of the molecule is CCOc1ccccc1N(CC(=O)Nc1ccccc1C(C)C)S(=O)(=O)c1ccc(Cl)cc1. The molecule has 0 bridgehead atoms. The van der Waals surface area contributed by atoms with Gasteiger partial charge in [0.25, 0.3) is 10.0 Å². The molecule has 33 heavy (non-hydrogen) atoms. The molecule has 0 heterocycles. The fraction of sp³-hybridized carbons (Fsp3) is 0.240. The molecule has 0 radical (unpaired) electrons. The van der Waals surface area contributed by atoms with Gasteiger partial charge in [0, 0.05) is 10.7 Å². The van der Waals surface area contributed by atoms with Crippen LogP contribution in [0.15, 0.2) is 77.7 Å². The summed E-state index contributed by atoms with van der Waals surface area (Å²) in [4.78, 5) is 13.1. The third kappa shape index (κ3) is 5.86. The van der Waals surface area contributed by atoms with Crippen molar-refractivity contribution in [3.63, 3.8) is 0 Å². The van der Waals surface area contributed by atoms with Gasteiger partial charge >= 0.3 is 0 Å². The Morgan fingerprint density at radius 2 is 1.64 bits per heavy atom. The minimum Gasteiger partial charge on any atom is -0.492 e. The van der Waals surface area contributed by atoms with E-state index in [1.165, 1.54) is 24.3 Å². The normalized spacial score (nSPS) is 11.3. The average molecular weight is 487 g/mol. The molecule has 3 rings (SSSR count). The number of amides is 1. The van der Waals surface area contributed by atoms with Gasteiger partial charge in [-0.2, -0.15) is 0 Å². The lowest BCUT2D eigenvalue weighted by Crippen LogP contribution is -2.38. The molecule has 0 aliphatic carbocycles. The molecule has 0 aromatic heterocycles. The topological polar surface area (TPSA) is 75.7 Å². The third-order valence-corrected chi connectivity index (χ3v) is 7.01. The van der Waals surface area contributed by atoms with E-state index in [-0.39, 0.29) is 16.5 Å². The molecule has 1 N–H and O–H groups in total. The Morgan fingerprint density at radius 3 is 2.30 bits per heavy atom. The molecule has 3 aromatic carbocycles. The number of halogens is 1. The maximum atomic E-state index is 13.6. The Kier molecular flexibility index (Phi) is 8.00. The first-order chi connectivity index (χ1) is 15.7. The Bertz CT molecular complexity index is 1210. The summed E-state index contributed by atoms with van der Waals surface area (Å²) in [6.07, 6.45) is 0. The van der Waals surface area contributed by atoms with Crippen LogP contribution in [0.2, 0.25) is 5.02 Å². The van der Waals surface area contributed by atoms with Gasteiger partial charge in [0.1, 0.15) is 12.3 Å². The molecule has 0 atom stereocenters. The highest BCUT2D eigenvalue weighted by Crippen LogP contribution is 2.33. The van der Waals surface area contributed by atoms with Crippen LogP contribution in [0.1, 0.15) is 32.3 Å². The summed E-state index contributed by atoms with van der Waals surface area (Å²) < 4.78 is 33.9. The molecule has 1 amide bonds. The van der Waals surface area contributed by atoms with E-state index in [1.807, 2.05) is 39.0 Å². The fourth-order valence-corrected chi connectivity index (χ4v) is 4.97. The maximum absolute atomic E-state index is 13.6. The number of para-hydroxylation sites is 3. The van der Waals surface area contributed by atoms with E-state index in [9.17, 15) is 13.2 Å². The number of hydrogen-bond acceptors (Lipinski definition) is 4. The van der Waals surface area contributed by atoms with Crippen molar-refractivity contribution in [3.05, 3.63) is 83.4 Å². The number of anilines is 2. The first-order valence-electron chi connectivity index (χ1n) is 10.6. The van der Waals surface area contributed by atoms with Crippen LogP contribution < -0.4 is 14.4 Å².